The SMILES string of the molecule is N#CCCN(CCC#N)C(=O)CSC1=N/C(=C/c2ccccc2)C(=O)N1c1ccc(F)cc1. The Labute approximate surface area is 195 Å². The third-order valence-electron chi connectivity index (χ3n) is 4.68. The average molecular weight is 462 g/mol. The van der Waals surface area contributed by atoms with Crippen molar-refractivity contribution in [3.05, 3.63) is 71.7 Å². The Bertz CT molecular complexity index is 1130. The number of amides is 2. The third kappa shape index (κ3) is 6.28. The summed E-state index contributed by atoms with van der Waals surface area (Å²) < 4.78 is 13.4. The van der Waals surface area contributed by atoms with Crippen LogP contribution in [0.15, 0.2) is 65.3 Å². The quantitative estimate of drug-likeness (QED) is 0.554. The van der Waals surface area contributed by atoms with Gasteiger partial charge in [0.2, 0.25) is 5.91 Å². The minimum Gasteiger partial charge on any atom is -0.340 e. The first-order valence-corrected chi connectivity index (χ1v) is 11.1. The number of nitrogens with zero attached hydrogens (tertiary/aromatic N) is 5. The second kappa shape index (κ2) is 11.6. The minimum absolute atomic E-state index is 0.0285. The van der Waals surface area contributed by atoms with E-state index in [1.165, 1.54) is 34.1 Å². The number of carbonyl (C=O) groups excluding carboxylic acids is 2. The third-order valence-corrected chi connectivity index (χ3v) is 5.61. The lowest BCUT2D eigenvalue weighted by Crippen LogP contribution is -2.36. The van der Waals surface area contributed by atoms with Crippen molar-refractivity contribution in [3.63, 3.8) is 0 Å². The molecule has 7 nitrogen and oxygen atoms in total. The molecule has 0 fully saturated rings. The molecule has 9 heteroatoms. The van der Waals surface area contributed by atoms with E-state index in [9.17, 15) is 14.0 Å². The molecule has 2 amide bonds. The highest BCUT2D eigenvalue weighted by Gasteiger charge is 2.32. The largest absolute Gasteiger partial charge is 0.340 e. The van der Waals surface area contributed by atoms with Crippen LogP contribution in [-0.2, 0) is 9.59 Å². The van der Waals surface area contributed by atoms with Gasteiger partial charge in [-0.15, -0.1) is 0 Å². The minimum atomic E-state index is -0.433. The summed E-state index contributed by atoms with van der Waals surface area (Å²) in [6.07, 6.45) is 1.97. The summed E-state index contributed by atoms with van der Waals surface area (Å²) in [6, 6.07) is 18.7. The van der Waals surface area contributed by atoms with Gasteiger partial charge in [0.05, 0.1) is 36.4 Å². The van der Waals surface area contributed by atoms with E-state index in [1.54, 1.807) is 6.08 Å². The molecule has 0 saturated carbocycles. The predicted molar refractivity (Wildman–Crippen MR) is 125 cm³/mol. The topological polar surface area (TPSA) is 101 Å². The number of carbonyl (C=O) groups is 2. The smallest absolute Gasteiger partial charge is 0.283 e. The maximum Gasteiger partial charge on any atom is 0.283 e. The molecule has 0 spiro atoms. The number of aliphatic imine (C=N–C) groups is 1. The van der Waals surface area contributed by atoms with Gasteiger partial charge in [0.25, 0.3) is 5.91 Å². The van der Waals surface area contributed by atoms with Crippen LogP contribution in [-0.4, -0.2) is 40.7 Å². The van der Waals surface area contributed by atoms with Crippen LogP contribution in [0.4, 0.5) is 10.1 Å². The summed E-state index contributed by atoms with van der Waals surface area (Å²) >= 11 is 1.08. The summed E-state index contributed by atoms with van der Waals surface area (Å²) in [5.74, 6) is -1.11. The molecule has 0 atom stereocenters. The molecule has 1 aliphatic rings. The lowest BCUT2D eigenvalue weighted by atomic mass is 10.2. The first-order chi connectivity index (χ1) is 16.0. The molecule has 0 saturated heterocycles. The van der Waals surface area contributed by atoms with Crippen molar-refractivity contribution in [2.75, 3.05) is 23.7 Å². The number of nitriles is 2. The van der Waals surface area contributed by atoms with Gasteiger partial charge in [0.15, 0.2) is 5.17 Å². The number of halogens is 1. The highest BCUT2D eigenvalue weighted by molar-refractivity contribution is 8.14. The molecule has 2 aromatic rings. The maximum absolute atomic E-state index is 13.4. The molecule has 0 N–H and O–H groups in total. The number of benzene rings is 2. The van der Waals surface area contributed by atoms with Crippen molar-refractivity contribution in [3.8, 4) is 12.1 Å². The van der Waals surface area contributed by atoms with Crippen molar-refractivity contribution in [1.29, 1.82) is 10.5 Å². The van der Waals surface area contributed by atoms with Gasteiger partial charge in [-0.05, 0) is 35.9 Å². The summed E-state index contributed by atoms with van der Waals surface area (Å²) in [5, 5.41) is 18.0. The molecule has 2 aromatic carbocycles. The molecular formula is C24H20FN5O2S. The fourth-order valence-electron chi connectivity index (χ4n) is 3.07. The summed E-state index contributed by atoms with van der Waals surface area (Å²) in [4.78, 5) is 33.1. The normalized spacial score (nSPS) is 14.0. The van der Waals surface area contributed by atoms with Crippen molar-refractivity contribution < 1.29 is 14.0 Å². The molecule has 3 rings (SSSR count). The fraction of sp³-hybridized carbons (Fsp3) is 0.208. The van der Waals surface area contributed by atoms with Gasteiger partial charge in [-0.2, -0.15) is 10.5 Å². The summed E-state index contributed by atoms with van der Waals surface area (Å²) in [6.45, 7) is 0.452. The highest BCUT2D eigenvalue weighted by Crippen LogP contribution is 2.29. The fourth-order valence-corrected chi connectivity index (χ4v) is 3.98. The van der Waals surface area contributed by atoms with E-state index in [-0.39, 0.29) is 49.2 Å². The van der Waals surface area contributed by atoms with E-state index < -0.39 is 5.82 Å². The number of anilines is 1. The second-order valence-corrected chi connectivity index (χ2v) is 7.88. The number of hydrogen-bond donors (Lipinski definition) is 0. The lowest BCUT2D eigenvalue weighted by Gasteiger charge is -2.21. The molecule has 1 heterocycles. The van der Waals surface area contributed by atoms with E-state index in [0.717, 1.165) is 17.3 Å². The van der Waals surface area contributed by atoms with Gasteiger partial charge >= 0.3 is 0 Å². The van der Waals surface area contributed by atoms with Crippen LogP contribution in [0.1, 0.15) is 18.4 Å². The zero-order chi connectivity index (χ0) is 23.6. The Morgan fingerprint density at radius 2 is 1.70 bits per heavy atom. The van der Waals surface area contributed by atoms with Crippen LogP contribution in [0, 0.1) is 28.5 Å². The number of rotatable bonds is 8. The van der Waals surface area contributed by atoms with E-state index in [1.807, 2.05) is 42.5 Å². The van der Waals surface area contributed by atoms with E-state index >= 15 is 0 Å². The molecule has 1 aliphatic heterocycles. The van der Waals surface area contributed by atoms with E-state index in [4.69, 9.17) is 10.5 Å². The number of thioether (sulfide) groups is 1. The summed E-state index contributed by atoms with van der Waals surface area (Å²) in [7, 11) is 0. The molecule has 33 heavy (non-hydrogen) atoms. The van der Waals surface area contributed by atoms with Crippen molar-refractivity contribution in [2.45, 2.75) is 12.8 Å². The van der Waals surface area contributed by atoms with Crippen molar-refractivity contribution in [2.24, 2.45) is 4.99 Å². The number of amidine groups is 1. The zero-order valence-corrected chi connectivity index (χ0v) is 18.5. The van der Waals surface area contributed by atoms with Crippen LogP contribution in [0.3, 0.4) is 0 Å². The Hall–Kier alpha value is -3.95. The van der Waals surface area contributed by atoms with Gasteiger partial charge < -0.3 is 4.90 Å². The Morgan fingerprint density at radius 1 is 1.06 bits per heavy atom. The molecule has 0 aromatic heterocycles. The van der Waals surface area contributed by atoms with Gasteiger partial charge in [0.1, 0.15) is 11.5 Å². The Morgan fingerprint density at radius 3 is 2.30 bits per heavy atom. The van der Waals surface area contributed by atoms with E-state index in [2.05, 4.69) is 4.99 Å². The first kappa shape index (κ1) is 23.7. The molecule has 0 bridgehead atoms. The number of hydrogen-bond acceptors (Lipinski definition) is 6. The Kier molecular flexibility index (Phi) is 8.34. The van der Waals surface area contributed by atoms with Crippen LogP contribution in [0.25, 0.3) is 6.08 Å². The zero-order valence-electron chi connectivity index (χ0n) is 17.6. The molecular weight excluding hydrogens is 441 g/mol. The molecule has 166 valence electrons. The molecule has 0 aliphatic carbocycles. The first-order valence-electron chi connectivity index (χ1n) is 10.1. The second-order valence-electron chi connectivity index (χ2n) is 6.94. The molecule has 0 unspecified atom stereocenters. The molecule has 0 radical (unpaired) electrons. The predicted octanol–water partition coefficient (Wildman–Crippen LogP) is 3.96. The van der Waals surface area contributed by atoms with Crippen molar-refractivity contribution >= 4 is 40.5 Å². The van der Waals surface area contributed by atoms with Gasteiger partial charge in [-0.3, -0.25) is 14.5 Å². The standard InChI is InChI=1S/C24H20FN5O2S/c25-19-8-10-20(11-9-19)30-23(32)21(16-18-6-2-1-3-7-18)28-24(30)33-17-22(31)29(14-4-12-26)15-5-13-27/h1-3,6-11,16H,4-5,14-15,17H2/b21-16+. The van der Waals surface area contributed by atoms with Gasteiger partial charge in [-0.1, -0.05) is 42.1 Å². The van der Waals surface area contributed by atoms with Crippen LogP contribution in [0.5, 0.6) is 0 Å². The van der Waals surface area contributed by atoms with Gasteiger partial charge in [-0.25, -0.2) is 9.38 Å². The maximum atomic E-state index is 13.4. The van der Waals surface area contributed by atoms with Crippen LogP contribution < -0.4 is 4.90 Å². The monoisotopic (exact) mass is 461 g/mol. The lowest BCUT2D eigenvalue weighted by molar-refractivity contribution is -0.128. The van der Waals surface area contributed by atoms with Gasteiger partial charge in [0, 0.05) is 13.1 Å². The van der Waals surface area contributed by atoms with Crippen LogP contribution in [0.2, 0.25) is 0 Å². The van der Waals surface area contributed by atoms with Crippen molar-refractivity contribution in [1.82, 2.24) is 4.90 Å². The highest BCUT2D eigenvalue weighted by atomic mass is 32.2. The summed E-state index contributed by atoms with van der Waals surface area (Å²) in [5.41, 5.74) is 1.43. The van der Waals surface area contributed by atoms with E-state index in [0.29, 0.717) is 10.9 Å². The average Bonchev–Trinajstić information content (AvgIpc) is 3.13. The Balaban J connectivity index is 1.84. The van der Waals surface area contributed by atoms with Crippen LogP contribution >= 0.6 is 11.8 Å².